The van der Waals surface area contributed by atoms with Crippen molar-refractivity contribution in [3.63, 3.8) is 0 Å². The highest BCUT2D eigenvalue weighted by atomic mass is 79.9. The Morgan fingerprint density at radius 3 is 2.74 bits per heavy atom. The molecule has 2 aromatic rings. The Morgan fingerprint density at radius 2 is 2.00 bits per heavy atom. The summed E-state index contributed by atoms with van der Waals surface area (Å²) in [5.74, 6) is 0.437. The fourth-order valence-corrected chi connectivity index (χ4v) is 2.31. The van der Waals surface area contributed by atoms with Gasteiger partial charge in [0.05, 0.1) is 5.02 Å². The molecule has 0 radical (unpaired) electrons. The van der Waals surface area contributed by atoms with Gasteiger partial charge in [-0.05, 0) is 30.7 Å². The number of carbonyl (C=O) groups excluding carboxylic acids is 1. The highest BCUT2D eigenvalue weighted by Crippen LogP contribution is 2.25. The van der Waals surface area contributed by atoms with Crippen LogP contribution in [0.2, 0.25) is 5.02 Å². The van der Waals surface area contributed by atoms with Gasteiger partial charge in [-0.25, -0.2) is 0 Å². The average Bonchev–Trinajstić information content (AvgIpc) is 2.40. The van der Waals surface area contributed by atoms with E-state index in [9.17, 15) is 4.79 Å². The molecule has 0 fully saturated rings. The van der Waals surface area contributed by atoms with Crippen molar-refractivity contribution < 1.29 is 9.53 Å². The van der Waals surface area contributed by atoms with Crippen molar-refractivity contribution in [1.82, 2.24) is 0 Å². The molecule has 2 nitrogen and oxygen atoms in total. The van der Waals surface area contributed by atoms with Crippen molar-refractivity contribution in [1.29, 1.82) is 0 Å². The molecule has 0 spiro atoms. The summed E-state index contributed by atoms with van der Waals surface area (Å²) in [5.41, 5.74) is 1.64. The molecule has 0 aliphatic rings. The van der Waals surface area contributed by atoms with E-state index in [4.69, 9.17) is 16.3 Å². The number of carbonyl (C=O) groups is 1. The molecule has 0 N–H and O–H groups in total. The zero-order valence-electron chi connectivity index (χ0n) is 10.3. The molecule has 0 bridgehead atoms. The highest BCUT2D eigenvalue weighted by molar-refractivity contribution is 9.10. The summed E-state index contributed by atoms with van der Waals surface area (Å²) in [6.07, 6.45) is 0. The standard InChI is InChI=1S/C15H12BrClO2/c1-10-6-7-13(17)15(8-10)19-9-14(18)11-4-2-3-5-12(11)16/h2-8H,9H2,1H3. The molecule has 98 valence electrons. The molecule has 0 aromatic heterocycles. The summed E-state index contributed by atoms with van der Waals surface area (Å²) < 4.78 is 6.25. The monoisotopic (exact) mass is 338 g/mol. The van der Waals surface area contributed by atoms with Crippen LogP contribution >= 0.6 is 27.5 Å². The van der Waals surface area contributed by atoms with E-state index in [1.165, 1.54) is 0 Å². The van der Waals surface area contributed by atoms with Crippen LogP contribution in [-0.2, 0) is 0 Å². The molecule has 2 rings (SSSR count). The van der Waals surface area contributed by atoms with E-state index in [-0.39, 0.29) is 12.4 Å². The summed E-state index contributed by atoms with van der Waals surface area (Å²) in [4.78, 5) is 12.0. The fraction of sp³-hybridized carbons (Fsp3) is 0.133. The average molecular weight is 340 g/mol. The van der Waals surface area contributed by atoms with Crippen molar-refractivity contribution in [3.8, 4) is 5.75 Å². The molecule has 0 aliphatic heterocycles. The third-order valence-electron chi connectivity index (χ3n) is 2.62. The van der Waals surface area contributed by atoms with Crippen molar-refractivity contribution in [2.24, 2.45) is 0 Å². The van der Waals surface area contributed by atoms with Crippen LogP contribution in [0.3, 0.4) is 0 Å². The minimum atomic E-state index is -0.0925. The Balaban J connectivity index is 2.09. The van der Waals surface area contributed by atoms with Crippen LogP contribution in [0.4, 0.5) is 0 Å². The zero-order valence-corrected chi connectivity index (χ0v) is 12.7. The maximum absolute atomic E-state index is 12.0. The second kappa shape index (κ2) is 6.22. The first-order valence-corrected chi connectivity index (χ1v) is 6.91. The van der Waals surface area contributed by atoms with Gasteiger partial charge in [0.15, 0.2) is 6.61 Å². The van der Waals surface area contributed by atoms with Gasteiger partial charge >= 0.3 is 0 Å². The lowest BCUT2D eigenvalue weighted by molar-refractivity contribution is 0.0921. The Labute approximate surface area is 125 Å². The van der Waals surface area contributed by atoms with Crippen molar-refractivity contribution >= 4 is 33.3 Å². The summed E-state index contributed by atoms with van der Waals surface area (Å²) in [5, 5.41) is 0.505. The quantitative estimate of drug-likeness (QED) is 0.757. The van der Waals surface area contributed by atoms with E-state index in [0.29, 0.717) is 16.3 Å². The molecule has 0 heterocycles. The van der Waals surface area contributed by atoms with E-state index in [1.54, 1.807) is 12.1 Å². The van der Waals surface area contributed by atoms with Gasteiger partial charge in [-0.15, -0.1) is 0 Å². The van der Waals surface area contributed by atoms with E-state index >= 15 is 0 Å². The number of benzene rings is 2. The third-order valence-corrected chi connectivity index (χ3v) is 3.62. The molecule has 0 saturated heterocycles. The van der Waals surface area contributed by atoms with Crippen LogP contribution in [-0.4, -0.2) is 12.4 Å². The van der Waals surface area contributed by atoms with Gasteiger partial charge in [0.25, 0.3) is 0 Å². The van der Waals surface area contributed by atoms with Crippen molar-refractivity contribution in [2.75, 3.05) is 6.61 Å². The van der Waals surface area contributed by atoms with E-state index in [0.717, 1.165) is 10.0 Å². The second-order valence-electron chi connectivity index (χ2n) is 4.13. The molecule has 19 heavy (non-hydrogen) atoms. The van der Waals surface area contributed by atoms with Crippen LogP contribution < -0.4 is 4.74 Å². The maximum atomic E-state index is 12.0. The SMILES string of the molecule is Cc1ccc(Cl)c(OCC(=O)c2ccccc2Br)c1. The van der Waals surface area contributed by atoms with Crippen LogP contribution in [0.15, 0.2) is 46.9 Å². The van der Waals surface area contributed by atoms with Crippen LogP contribution in [0.5, 0.6) is 5.75 Å². The normalized spacial score (nSPS) is 10.3. The molecule has 0 atom stereocenters. The number of hydrogen-bond donors (Lipinski definition) is 0. The van der Waals surface area contributed by atoms with Gasteiger partial charge < -0.3 is 4.74 Å². The number of aryl methyl sites for hydroxylation is 1. The van der Waals surface area contributed by atoms with Crippen LogP contribution in [0.1, 0.15) is 15.9 Å². The first-order valence-electron chi connectivity index (χ1n) is 5.74. The number of halogens is 2. The van der Waals surface area contributed by atoms with Crippen LogP contribution in [0, 0.1) is 6.92 Å². The molecule has 0 unspecified atom stereocenters. The summed E-state index contributed by atoms with van der Waals surface area (Å²) >= 11 is 9.36. The predicted molar refractivity (Wildman–Crippen MR) is 80.2 cm³/mol. The largest absolute Gasteiger partial charge is 0.484 e. The highest BCUT2D eigenvalue weighted by Gasteiger charge is 2.11. The first-order chi connectivity index (χ1) is 9.08. The Hall–Kier alpha value is -1.32. The number of rotatable bonds is 4. The number of ether oxygens (including phenoxy) is 1. The zero-order chi connectivity index (χ0) is 13.8. The summed E-state index contributed by atoms with van der Waals surface area (Å²) in [6.45, 7) is 1.91. The fourth-order valence-electron chi connectivity index (χ4n) is 1.63. The first kappa shape index (κ1) is 14.1. The molecule has 0 saturated carbocycles. The molecule has 2 aromatic carbocycles. The Morgan fingerprint density at radius 1 is 1.26 bits per heavy atom. The van der Waals surface area contributed by atoms with Gasteiger partial charge in [0, 0.05) is 10.0 Å². The molecular formula is C15H12BrClO2. The Bertz CT molecular complexity index is 611. The lowest BCUT2D eigenvalue weighted by Gasteiger charge is -2.09. The van der Waals surface area contributed by atoms with E-state index < -0.39 is 0 Å². The Kier molecular flexibility index (Phi) is 4.61. The number of Topliss-reactive ketones (excluding diaryl/α,β-unsaturated/α-hetero) is 1. The maximum Gasteiger partial charge on any atom is 0.201 e. The topological polar surface area (TPSA) is 26.3 Å². The predicted octanol–water partition coefficient (Wildman–Crippen LogP) is 4.67. The minimum Gasteiger partial charge on any atom is -0.484 e. The van der Waals surface area contributed by atoms with Gasteiger partial charge in [-0.3, -0.25) is 4.79 Å². The van der Waals surface area contributed by atoms with Gasteiger partial charge in [-0.1, -0.05) is 51.8 Å². The lowest BCUT2D eigenvalue weighted by atomic mass is 10.1. The molecule has 0 aliphatic carbocycles. The number of ketones is 1. The van der Waals surface area contributed by atoms with E-state index in [2.05, 4.69) is 15.9 Å². The summed E-state index contributed by atoms with van der Waals surface area (Å²) in [7, 11) is 0. The molecule has 0 amide bonds. The van der Waals surface area contributed by atoms with E-state index in [1.807, 2.05) is 37.3 Å². The van der Waals surface area contributed by atoms with Gasteiger partial charge in [-0.2, -0.15) is 0 Å². The van der Waals surface area contributed by atoms with Gasteiger partial charge in [0.2, 0.25) is 5.78 Å². The summed E-state index contributed by atoms with van der Waals surface area (Å²) in [6, 6.07) is 12.7. The molecular weight excluding hydrogens is 328 g/mol. The van der Waals surface area contributed by atoms with Crippen LogP contribution in [0.25, 0.3) is 0 Å². The minimum absolute atomic E-state index is 0.0359. The van der Waals surface area contributed by atoms with Crippen molar-refractivity contribution in [2.45, 2.75) is 6.92 Å². The smallest absolute Gasteiger partial charge is 0.201 e. The van der Waals surface area contributed by atoms with Crippen molar-refractivity contribution in [3.05, 3.63) is 63.1 Å². The number of hydrogen-bond acceptors (Lipinski definition) is 2. The lowest BCUT2D eigenvalue weighted by Crippen LogP contribution is -2.12. The van der Waals surface area contributed by atoms with Gasteiger partial charge in [0.1, 0.15) is 5.75 Å². The molecule has 4 heteroatoms. The third kappa shape index (κ3) is 3.58. The second-order valence-corrected chi connectivity index (χ2v) is 5.39.